The van der Waals surface area contributed by atoms with E-state index in [1.807, 2.05) is 4.90 Å². The van der Waals surface area contributed by atoms with Crippen LogP contribution in [0, 0.1) is 0 Å². The van der Waals surface area contributed by atoms with Crippen LogP contribution in [0.4, 0.5) is 0 Å². The lowest BCUT2D eigenvalue weighted by Crippen LogP contribution is -2.56. The summed E-state index contributed by atoms with van der Waals surface area (Å²) in [7, 11) is 1.74. The van der Waals surface area contributed by atoms with Gasteiger partial charge in [-0.2, -0.15) is 0 Å². The van der Waals surface area contributed by atoms with E-state index in [1.165, 1.54) is 11.1 Å². The standard InChI is InChI=1S/C17H24N2O2/c1-17(21-2)8-5-9-19(12-17)16(20)15-10-13-6-3-4-7-14(13)11-18-15/h3-4,6-7,15,18H,5,8-12H2,1-2H3/t15-,17?/m0/s1. The number of nitrogens with one attached hydrogen (secondary N) is 1. The van der Waals surface area contributed by atoms with Gasteiger partial charge >= 0.3 is 0 Å². The number of ether oxygens (including phenoxy) is 1. The molecule has 1 saturated heterocycles. The van der Waals surface area contributed by atoms with Gasteiger partial charge in [0.2, 0.25) is 5.91 Å². The molecule has 2 atom stereocenters. The minimum atomic E-state index is -0.194. The number of methoxy groups -OCH3 is 1. The van der Waals surface area contributed by atoms with Crippen molar-refractivity contribution in [3.05, 3.63) is 35.4 Å². The minimum Gasteiger partial charge on any atom is -0.377 e. The van der Waals surface area contributed by atoms with Gasteiger partial charge in [0.05, 0.1) is 11.6 Å². The number of likely N-dealkylation sites (tertiary alicyclic amines) is 1. The van der Waals surface area contributed by atoms with Crippen LogP contribution in [0.5, 0.6) is 0 Å². The van der Waals surface area contributed by atoms with Gasteiger partial charge in [-0.1, -0.05) is 24.3 Å². The Balaban J connectivity index is 1.69. The highest BCUT2D eigenvalue weighted by Crippen LogP contribution is 2.25. The lowest BCUT2D eigenvalue weighted by molar-refractivity contribution is -0.141. The minimum absolute atomic E-state index is 0.0980. The molecule has 3 rings (SSSR count). The Bertz CT molecular complexity index is 531. The van der Waals surface area contributed by atoms with Gasteiger partial charge < -0.3 is 15.0 Å². The zero-order chi connectivity index (χ0) is 14.9. The molecule has 0 spiro atoms. The fourth-order valence-corrected chi connectivity index (χ4v) is 3.41. The molecule has 1 amide bonds. The second-order valence-corrected chi connectivity index (χ2v) is 6.42. The number of nitrogens with zero attached hydrogens (tertiary/aromatic N) is 1. The first kappa shape index (κ1) is 14.5. The van der Waals surface area contributed by atoms with Gasteiger partial charge in [0, 0.05) is 26.7 Å². The predicted molar refractivity (Wildman–Crippen MR) is 82.0 cm³/mol. The number of amides is 1. The van der Waals surface area contributed by atoms with Crippen LogP contribution in [0.2, 0.25) is 0 Å². The van der Waals surface area contributed by atoms with Crippen molar-refractivity contribution in [1.82, 2.24) is 10.2 Å². The average molecular weight is 288 g/mol. The number of carbonyl (C=O) groups excluding carboxylic acids is 1. The molecular weight excluding hydrogens is 264 g/mol. The molecule has 2 aliphatic rings. The molecule has 0 saturated carbocycles. The van der Waals surface area contributed by atoms with Crippen molar-refractivity contribution < 1.29 is 9.53 Å². The van der Waals surface area contributed by atoms with Crippen LogP contribution in [0.25, 0.3) is 0 Å². The van der Waals surface area contributed by atoms with Gasteiger partial charge in [-0.25, -0.2) is 0 Å². The van der Waals surface area contributed by atoms with E-state index in [-0.39, 0.29) is 17.6 Å². The number of hydrogen-bond acceptors (Lipinski definition) is 3. The van der Waals surface area contributed by atoms with Gasteiger partial charge in [-0.3, -0.25) is 4.79 Å². The first-order valence-electron chi connectivity index (χ1n) is 7.75. The fraction of sp³-hybridized carbons (Fsp3) is 0.588. The van der Waals surface area contributed by atoms with Gasteiger partial charge in [0.25, 0.3) is 0 Å². The fourth-order valence-electron chi connectivity index (χ4n) is 3.41. The molecule has 1 unspecified atom stereocenters. The molecule has 4 heteroatoms. The number of rotatable bonds is 2. The molecule has 114 valence electrons. The maximum atomic E-state index is 12.8. The van der Waals surface area contributed by atoms with E-state index in [0.29, 0.717) is 6.54 Å². The van der Waals surface area contributed by atoms with Gasteiger partial charge in [-0.15, -0.1) is 0 Å². The smallest absolute Gasteiger partial charge is 0.240 e. The monoisotopic (exact) mass is 288 g/mol. The van der Waals surface area contributed by atoms with Gasteiger partial charge in [0.15, 0.2) is 0 Å². The molecule has 0 radical (unpaired) electrons. The summed E-state index contributed by atoms with van der Waals surface area (Å²) in [4.78, 5) is 14.7. The van der Waals surface area contributed by atoms with Crippen molar-refractivity contribution in [2.24, 2.45) is 0 Å². The molecule has 2 aliphatic heterocycles. The molecule has 2 heterocycles. The summed E-state index contributed by atoms with van der Waals surface area (Å²) < 4.78 is 5.59. The Kier molecular flexibility index (Phi) is 4.00. The molecule has 4 nitrogen and oxygen atoms in total. The van der Waals surface area contributed by atoms with Crippen molar-refractivity contribution in [3.63, 3.8) is 0 Å². The highest BCUT2D eigenvalue weighted by molar-refractivity contribution is 5.82. The first-order chi connectivity index (χ1) is 10.1. The zero-order valence-corrected chi connectivity index (χ0v) is 12.9. The van der Waals surface area contributed by atoms with Crippen LogP contribution in [0.15, 0.2) is 24.3 Å². The molecule has 1 aromatic carbocycles. The van der Waals surface area contributed by atoms with Crippen LogP contribution in [-0.4, -0.2) is 42.6 Å². The summed E-state index contributed by atoms with van der Waals surface area (Å²) in [5.41, 5.74) is 2.41. The first-order valence-corrected chi connectivity index (χ1v) is 7.75. The van der Waals surface area contributed by atoms with E-state index in [0.717, 1.165) is 32.4 Å². The Morgan fingerprint density at radius 3 is 2.90 bits per heavy atom. The highest BCUT2D eigenvalue weighted by Gasteiger charge is 2.36. The Morgan fingerprint density at radius 1 is 1.38 bits per heavy atom. The van der Waals surface area contributed by atoms with Crippen molar-refractivity contribution in [3.8, 4) is 0 Å². The van der Waals surface area contributed by atoms with Crippen molar-refractivity contribution in [2.75, 3.05) is 20.2 Å². The number of hydrogen-bond donors (Lipinski definition) is 1. The molecule has 1 N–H and O–H groups in total. The normalized spacial score (nSPS) is 29.0. The molecule has 1 aromatic rings. The lowest BCUT2D eigenvalue weighted by atomic mass is 9.92. The Hall–Kier alpha value is -1.39. The van der Waals surface area contributed by atoms with E-state index in [9.17, 15) is 4.79 Å². The van der Waals surface area contributed by atoms with Crippen LogP contribution >= 0.6 is 0 Å². The quantitative estimate of drug-likeness (QED) is 0.901. The predicted octanol–water partition coefficient (Wildman–Crippen LogP) is 1.73. The van der Waals surface area contributed by atoms with E-state index in [1.54, 1.807) is 7.11 Å². The Morgan fingerprint density at radius 2 is 2.14 bits per heavy atom. The third-order valence-electron chi connectivity index (χ3n) is 4.84. The van der Waals surface area contributed by atoms with Gasteiger partial charge in [0.1, 0.15) is 0 Å². The van der Waals surface area contributed by atoms with Crippen molar-refractivity contribution in [2.45, 2.75) is 44.4 Å². The van der Waals surface area contributed by atoms with Crippen LogP contribution < -0.4 is 5.32 Å². The third-order valence-corrected chi connectivity index (χ3v) is 4.84. The largest absolute Gasteiger partial charge is 0.377 e. The maximum absolute atomic E-state index is 12.8. The van der Waals surface area contributed by atoms with Crippen molar-refractivity contribution >= 4 is 5.91 Å². The lowest BCUT2D eigenvalue weighted by Gasteiger charge is -2.41. The molecule has 0 bridgehead atoms. The van der Waals surface area contributed by atoms with E-state index >= 15 is 0 Å². The molecule has 0 aromatic heterocycles. The summed E-state index contributed by atoms with van der Waals surface area (Å²) in [6.07, 6.45) is 2.82. The maximum Gasteiger partial charge on any atom is 0.240 e. The number of carbonyl (C=O) groups is 1. The summed E-state index contributed by atoms with van der Waals surface area (Å²) in [6.45, 7) is 4.41. The zero-order valence-electron chi connectivity index (χ0n) is 12.9. The highest BCUT2D eigenvalue weighted by atomic mass is 16.5. The number of benzene rings is 1. The molecular formula is C17H24N2O2. The topological polar surface area (TPSA) is 41.6 Å². The molecule has 1 fully saturated rings. The van der Waals surface area contributed by atoms with E-state index in [4.69, 9.17) is 4.74 Å². The Labute approximate surface area is 126 Å². The van der Waals surface area contributed by atoms with Crippen LogP contribution in [0.1, 0.15) is 30.9 Å². The van der Waals surface area contributed by atoms with Crippen LogP contribution in [0.3, 0.4) is 0 Å². The second kappa shape index (κ2) is 5.78. The van der Waals surface area contributed by atoms with Crippen molar-refractivity contribution in [1.29, 1.82) is 0 Å². The van der Waals surface area contributed by atoms with Gasteiger partial charge in [-0.05, 0) is 37.3 Å². The third kappa shape index (κ3) is 2.97. The molecule has 0 aliphatic carbocycles. The van der Waals surface area contributed by atoms with E-state index < -0.39 is 0 Å². The summed E-state index contributed by atoms with van der Waals surface area (Å²) >= 11 is 0. The summed E-state index contributed by atoms with van der Waals surface area (Å²) in [5, 5.41) is 3.39. The second-order valence-electron chi connectivity index (χ2n) is 6.42. The van der Waals surface area contributed by atoms with E-state index in [2.05, 4.69) is 36.5 Å². The average Bonchev–Trinajstić information content (AvgIpc) is 2.54. The SMILES string of the molecule is COC1(C)CCCN(C(=O)[C@@H]2Cc3ccccc3CN2)C1. The molecule has 21 heavy (non-hydrogen) atoms. The van der Waals surface area contributed by atoms with Crippen LogP contribution in [-0.2, 0) is 22.5 Å². The summed E-state index contributed by atoms with van der Waals surface area (Å²) in [6, 6.07) is 8.27. The number of piperidine rings is 1. The number of fused-ring (bicyclic) bond motifs is 1. The summed E-state index contributed by atoms with van der Waals surface area (Å²) in [5.74, 6) is 0.215.